The van der Waals surface area contributed by atoms with E-state index >= 15 is 0 Å². The van der Waals surface area contributed by atoms with Gasteiger partial charge in [0.2, 0.25) is 0 Å². The molecule has 1 amide bonds. The maximum Gasteiger partial charge on any atom is 0.335 e. The summed E-state index contributed by atoms with van der Waals surface area (Å²) in [6.45, 7) is 2.27. The van der Waals surface area contributed by atoms with Crippen molar-refractivity contribution in [2.75, 3.05) is 12.8 Å². The van der Waals surface area contributed by atoms with Crippen molar-refractivity contribution in [1.29, 1.82) is 0 Å². The van der Waals surface area contributed by atoms with Crippen LogP contribution in [0.5, 0.6) is 0 Å². The molecule has 0 radical (unpaired) electrons. The van der Waals surface area contributed by atoms with Crippen molar-refractivity contribution in [3.05, 3.63) is 35.4 Å². The number of nitrogens with one attached hydrogen (secondary N) is 1. The molecule has 1 aromatic rings. The zero-order valence-corrected chi connectivity index (χ0v) is 11.7. The van der Waals surface area contributed by atoms with E-state index in [1.54, 1.807) is 12.3 Å². The Morgan fingerprint density at radius 2 is 2.00 bits per heavy atom. The van der Waals surface area contributed by atoms with Gasteiger partial charge < -0.3 is 10.4 Å². The van der Waals surface area contributed by atoms with Gasteiger partial charge in [-0.15, -0.1) is 0 Å². The third kappa shape index (κ3) is 4.82. The predicted molar refractivity (Wildman–Crippen MR) is 73.9 cm³/mol. The molecule has 19 heavy (non-hydrogen) atoms. The summed E-state index contributed by atoms with van der Waals surface area (Å²) < 4.78 is 11.1. The summed E-state index contributed by atoms with van der Waals surface area (Å²) in [7, 11) is -0.908. The zero-order valence-electron chi connectivity index (χ0n) is 10.9. The van der Waals surface area contributed by atoms with Crippen LogP contribution in [0.25, 0.3) is 0 Å². The topological polar surface area (TPSA) is 83.5 Å². The van der Waals surface area contributed by atoms with Crippen LogP contribution in [0.3, 0.4) is 0 Å². The van der Waals surface area contributed by atoms with E-state index in [4.69, 9.17) is 5.11 Å². The average Bonchev–Trinajstić information content (AvgIpc) is 2.38. The van der Waals surface area contributed by atoms with Crippen molar-refractivity contribution in [1.82, 2.24) is 5.32 Å². The van der Waals surface area contributed by atoms with Gasteiger partial charge in [0, 0.05) is 34.4 Å². The van der Waals surface area contributed by atoms with Crippen molar-refractivity contribution in [2.24, 2.45) is 0 Å². The van der Waals surface area contributed by atoms with Crippen LogP contribution >= 0.6 is 0 Å². The summed E-state index contributed by atoms with van der Waals surface area (Å²) in [6, 6.07) is 5.85. The average molecular weight is 283 g/mol. The molecule has 104 valence electrons. The Bertz CT molecular complexity index is 501. The number of carboxylic acid groups (broad SMARTS) is 1. The first-order valence-corrected chi connectivity index (χ1v) is 7.47. The highest BCUT2D eigenvalue weighted by Crippen LogP contribution is 2.05. The van der Waals surface area contributed by atoms with Gasteiger partial charge in [-0.1, -0.05) is 13.0 Å². The maximum absolute atomic E-state index is 11.8. The minimum Gasteiger partial charge on any atom is -0.478 e. The summed E-state index contributed by atoms with van der Waals surface area (Å²) in [6.07, 6.45) is 2.25. The summed E-state index contributed by atoms with van der Waals surface area (Å²) >= 11 is 0. The Balaban J connectivity index is 2.56. The van der Waals surface area contributed by atoms with Crippen molar-refractivity contribution in [3.8, 4) is 0 Å². The molecular weight excluding hydrogens is 266 g/mol. The number of carbonyl (C=O) groups is 2. The second-order valence-electron chi connectivity index (χ2n) is 4.24. The van der Waals surface area contributed by atoms with Gasteiger partial charge in [-0.2, -0.15) is 0 Å². The first-order valence-electron chi connectivity index (χ1n) is 5.85. The normalized spacial score (nSPS) is 13.6. The van der Waals surface area contributed by atoms with Gasteiger partial charge in [-0.05, 0) is 24.6 Å². The minimum atomic E-state index is -1.07. The van der Waals surface area contributed by atoms with Crippen molar-refractivity contribution < 1.29 is 18.9 Å². The summed E-state index contributed by atoms with van der Waals surface area (Å²) in [5.41, 5.74) is 0.390. The lowest BCUT2D eigenvalue weighted by Gasteiger charge is -2.09. The van der Waals surface area contributed by atoms with Crippen LogP contribution in [0.1, 0.15) is 34.1 Å². The minimum absolute atomic E-state index is 0.0191. The third-order valence-electron chi connectivity index (χ3n) is 2.77. The van der Waals surface area contributed by atoms with Crippen LogP contribution in [0.4, 0.5) is 0 Å². The van der Waals surface area contributed by atoms with Crippen LogP contribution in [0.15, 0.2) is 24.3 Å². The Labute approximate surface area is 114 Å². The van der Waals surface area contributed by atoms with E-state index in [-0.39, 0.29) is 16.7 Å². The number of benzene rings is 1. The second kappa shape index (κ2) is 7.04. The molecule has 0 heterocycles. The van der Waals surface area contributed by atoms with E-state index in [1.807, 2.05) is 6.92 Å². The molecule has 0 fully saturated rings. The van der Waals surface area contributed by atoms with Crippen LogP contribution in [0.2, 0.25) is 0 Å². The molecule has 1 aromatic carbocycles. The molecule has 0 saturated carbocycles. The third-order valence-corrected chi connectivity index (χ3v) is 4.14. The van der Waals surface area contributed by atoms with E-state index in [9.17, 15) is 13.8 Å². The molecule has 0 aliphatic carbocycles. The summed E-state index contributed by atoms with van der Waals surface area (Å²) in [5.74, 6) is -1.39. The molecular formula is C13H17NO4S. The molecule has 2 atom stereocenters. The predicted octanol–water partition coefficient (Wildman–Crippen LogP) is 1.27. The number of carboxylic acids is 1. The van der Waals surface area contributed by atoms with E-state index in [0.29, 0.717) is 18.5 Å². The van der Waals surface area contributed by atoms with Crippen LogP contribution in [-0.2, 0) is 10.8 Å². The quantitative estimate of drug-likeness (QED) is 0.823. The van der Waals surface area contributed by atoms with E-state index in [0.717, 1.165) is 0 Å². The van der Waals surface area contributed by atoms with Gasteiger partial charge in [0.05, 0.1) is 5.56 Å². The number of rotatable bonds is 6. The lowest BCUT2D eigenvalue weighted by Crippen LogP contribution is -2.27. The molecule has 0 aromatic heterocycles. The monoisotopic (exact) mass is 283 g/mol. The summed E-state index contributed by atoms with van der Waals surface area (Å²) in [5, 5.41) is 11.5. The van der Waals surface area contributed by atoms with Crippen LogP contribution in [0, 0.1) is 0 Å². The molecule has 0 saturated heterocycles. The maximum atomic E-state index is 11.8. The van der Waals surface area contributed by atoms with Gasteiger partial charge in [0.25, 0.3) is 5.91 Å². The highest BCUT2D eigenvalue weighted by Gasteiger charge is 2.10. The molecule has 1 rings (SSSR count). The Hall–Kier alpha value is -1.69. The molecule has 0 aliphatic heterocycles. The van der Waals surface area contributed by atoms with E-state index in [2.05, 4.69) is 5.32 Å². The largest absolute Gasteiger partial charge is 0.478 e. The molecule has 5 nitrogen and oxygen atoms in total. The van der Waals surface area contributed by atoms with Crippen molar-refractivity contribution >= 4 is 22.7 Å². The molecule has 0 aliphatic rings. The van der Waals surface area contributed by atoms with Crippen LogP contribution in [-0.4, -0.2) is 39.2 Å². The fraction of sp³-hybridized carbons (Fsp3) is 0.385. The lowest BCUT2D eigenvalue weighted by molar-refractivity contribution is 0.0697. The standard InChI is InChI=1S/C13H17NO4S/c1-9(19(2)18)6-7-14-12(15)10-4-3-5-11(8-10)13(16)17/h3-5,8-9H,6-7H2,1-2H3,(H,14,15)(H,16,17). The number of amides is 1. The number of hydrogen-bond acceptors (Lipinski definition) is 3. The fourth-order valence-corrected chi connectivity index (χ4v) is 1.90. The van der Waals surface area contributed by atoms with Gasteiger partial charge in [0.1, 0.15) is 0 Å². The highest BCUT2D eigenvalue weighted by molar-refractivity contribution is 7.84. The molecule has 6 heteroatoms. The fourth-order valence-electron chi connectivity index (χ4n) is 1.45. The first-order chi connectivity index (χ1) is 8.91. The van der Waals surface area contributed by atoms with E-state index in [1.165, 1.54) is 18.2 Å². The zero-order chi connectivity index (χ0) is 14.4. The number of hydrogen-bond donors (Lipinski definition) is 2. The number of carbonyl (C=O) groups excluding carboxylic acids is 1. The summed E-state index contributed by atoms with van der Waals surface area (Å²) in [4.78, 5) is 22.6. The molecule has 2 unspecified atom stereocenters. The molecule has 0 bridgehead atoms. The van der Waals surface area contributed by atoms with Crippen LogP contribution < -0.4 is 5.32 Å². The second-order valence-corrected chi connectivity index (χ2v) is 6.04. The van der Waals surface area contributed by atoms with Gasteiger partial charge >= 0.3 is 5.97 Å². The smallest absolute Gasteiger partial charge is 0.335 e. The molecule has 2 N–H and O–H groups in total. The van der Waals surface area contributed by atoms with E-state index < -0.39 is 16.8 Å². The Morgan fingerprint density at radius 1 is 1.37 bits per heavy atom. The lowest BCUT2D eigenvalue weighted by atomic mass is 10.1. The molecule has 0 spiro atoms. The van der Waals surface area contributed by atoms with Crippen molar-refractivity contribution in [3.63, 3.8) is 0 Å². The van der Waals surface area contributed by atoms with Gasteiger partial charge in [0.15, 0.2) is 0 Å². The first kappa shape index (κ1) is 15.4. The van der Waals surface area contributed by atoms with Crippen molar-refractivity contribution in [2.45, 2.75) is 18.6 Å². The van der Waals surface area contributed by atoms with Gasteiger partial charge in [-0.25, -0.2) is 4.79 Å². The number of aromatic carboxylic acids is 1. The Morgan fingerprint density at radius 3 is 2.58 bits per heavy atom. The van der Waals surface area contributed by atoms with Gasteiger partial charge in [-0.3, -0.25) is 9.00 Å². The highest BCUT2D eigenvalue weighted by atomic mass is 32.2. The Kier molecular flexibility index (Phi) is 5.69. The SMILES string of the molecule is CC(CCNC(=O)c1cccc(C(=O)O)c1)S(C)=O.